The second-order valence-electron chi connectivity index (χ2n) is 9.48. The number of hydrogen-bond acceptors (Lipinski definition) is 4. The summed E-state index contributed by atoms with van der Waals surface area (Å²) in [5.41, 5.74) is 5.02. The Kier molecular flexibility index (Phi) is 5.81. The Hall–Kier alpha value is -3.71. The van der Waals surface area contributed by atoms with Gasteiger partial charge in [-0.1, -0.05) is 42.0 Å². The van der Waals surface area contributed by atoms with E-state index in [1.165, 1.54) is 5.56 Å². The monoisotopic (exact) mass is 484 g/mol. The van der Waals surface area contributed by atoms with Crippen LogP contribution in [0.15, 0.2) is 66.0 Å². The summed E-state index contributed by atoms with van der Waals surface area (Å²) in [6, 6.07) is 19.8. The zero-order valence-electron chi connectivity index (χ0n) is 20.3. The highest BCUT2D eigenvalue weighted by Gasteiger charge is 2.49. The third-order valence-electron chi connectivity index (χ3n) is 6.45. The van der Waals surface area contributed by atoms with Crippen molar-refractivity contribution < 1.29 is 9.59 Å². The summed E-state index contributed by atoms with van der Waals surface area (Å²) in [6.45, 7) is 8.49. The summed E-state index contributed by atoms with van der Waals surface area (Å²) in [5.74, 6) is -0.450. The van der Waals surface area contributed by atoms with Crippen LogP contribution < -0.4 is 10.2 Å². The Bertz CT molecular complexity index is 1390. The second kappa shape index (κ2) is 8.82. The minimum Gasteiger partial charge on any atom is -0.350 e. The molecule has 2 amide bonds. The number of carbonyl (C=O) groups is 2. The fourth-order valence-electron chi connectivity index (χ4n) is 4.69. The molecule has 7 heteroatoms. The molecule has 3 heterocycles. The van der Waals surface area contributed by atoms with E-state index < -0.39 is 5.54 Å². The van der Waals surface area contributed by atoms with Crippen LogP contribution in [0.4, 0.5) is 5.69 Å². The van der Waals surface area contributed by atoms with Gasteiger partial charge in [0.25, 0.3) is 5.91 Å². The SMILES string of the molecule is Cc1ccc(CNC(=O)[C@@]2(C)Cn3nc(-c4cccs4)cc3C(=O)N2c2cc(C)cc(C)c2)cc1. The summed E-state index contributed by atoms with van der Waals surface area (Å²) >= 11 is 1.57. The molecule has 5 rings (SSSR count). The van der Waals surface area contributed by atoms with Gasteiger partial charge in [0, 0.05) is 12.2 Å². The van der Waals surface area contributed by atoms with Gasteiger partial charge in [-0.05, 0) is 74.0 Å². The maximum atomic E-state index is 13.9. The molecule has 0 spiro atoms. The number of nitrogens with one attached hydrogen (secondary N) is 1. The van der Waals surface area contributed by atoms with Crippen LogP contribution in [0.2, 0.25) is 0 Å². The van der Waals surface area contributed by atoms with Gasteiger partial charge in [0.15, 0.2) is 0 Å². The Labute approximate surface area is 209 Å². The van der Waals surface area contributed by atoms with Crippen LogP contribution in [-0.2, 0) is 17.9 Å². The number of nitrogens with zero attached hydrogens (tertiary/aromatic N) is 3. The van der Waals surface area contributed by atoms with Crippen molar-refractivity contribution in [1.82, 2.24) is 15.1 Å². The van der Waals surface area contributed by atoms with Gasteiger partial charge in [-0.2, -0.15) is 5.10 Å². The highest BCUT2D eigenvalue weighted by molar-refractivity contribution is 7.13. The van der Waals surface area contributed by atoms with Crippen molar-refractivity contribution in [3.63, 3.8) is 0 Å². The summed E-state index contributed by atoms with van der Waals surface area (Å²) < 4.78 is 1.68. The molecule has 0 unspecified atom stereocenters. The third-order valence-corrected chi connectivity index (χ3v) is 7.35. The van der Waals surface area contributed by atoms with E-state index in [0.29, 0.717) is 17.9 Å². The Balaban J connectivity index is 1.55. The number of aromatic nitrogens is 2. The zero-order chi connectivity index (χ0) is 24.7. The van der Waals surface area contributed by atoms with Gasteiger partial charge in [-0.25, -0.2) is 0 Å². The molecule has 2 aromatic heterocycles. The first-order valence-electron chi connectivity index (χ1n) is 11.6. The van der Waals surface area contributed by atoms with E-state index in [4.69, 9.17) is 5.10 Å². The number of anilines is 1. The lowest BCUT2D eigenvalue weighted by molar-refractivity contribution is -0.126. The van der Waals surface area contributed by atoms with Crippen molar-refractivity contribution in [2.24, 2.45) is 0 Å². The predicted molar refractivity (Wildman–Crippen MR) is 140 cm³/mol. The minimum atomic E-state index is -1.16. The number of aryl methyl sites for hydroxylation is 3. The molecule has 0 saturated carbocycles. The molecule has 1 aliphatic rings. The van der Waals surface area contributed by atoms with Gasteiger partial charge in [0.1, 0.15) is 16.9 Å². The van der Waals surface area contributed by atoms with Crippen molar-refractivity contribution in [1.29, 1.82) is 0 Å². The molecule has 178 valence electrons. The van der Waals surface area contributed by atoms with E-state index in [1.807, 2.05) is 87.7 Å². The maximum Gasteiger partial charge on any atom is 0.277 e. The molecule has 0 radical (unpaired) electrons. The molecule has 0 saturated heterocycles. The van der Waals surface area contributed by atoms with Gasteiger partial charge in [0.2, 0.25) is 5.91 Å². The topological polar surface area (TPSA) is 67.2 Å². The van der Waals surface area contributed by atoms with Crippen LogP contribution >= 0.6 is 11.3 Å². The lowest BCUT2D eigenvalue weighted by atomic mass is 9.93. The molecule has 1 atom stereocenters. The van der Waals surface area contributed by atoms with Crippen LogP contribution in [0.3, 0.4) is 0 Å². The average molecular weight is 485 g/mol. The van der Waals surface area contributed by atoms with E-state index >= 15 is 0 Å². The fraction of sp³-hybridized carbons (Fsp3) is 0.250. The molecule has 0 fully saturated rings. The van der Waals surface area contributed by atoms with E-state index in [0.717, 1.165) is 27.3 Å². The van der Waals surface area contributed by atoms with Gasteiger partial charge < -0.3 is 5.32 Å². The molecule has 0 bridgehead atoms. The van der Waals surface area contributed by atoms with Crippen LogP contribution in [-0.4, -0.2) is 27.1 Å². The fourth-order valence-corrected chi connectivity index (χ4v) is 5.37. The van der Waals surface area contributed by atoms with Crippen molar-refractivity contribution in [3.8, 4) is 10.6 Å². The third kappa shape index (κ3) is 4.28. The second-order valence-corrected chi connectivity index (χ2v) is 10.4. The number of hydrogen-bond donors (Lipinski definition) is 1. The number of rotatable bonds is 5. The Morgan fingerprint density at radius 3 is 2.40 bits per heavy atom. The summed E-state index contributed by atoms with van der Waals surface area (Å²) in [4.78, 5) is 30.3. The van der Waals surface area contributed by atoms with Crippen LogP contribution in [0.5, 0.6) is 0 Å². The van der Waals surface area contributed by atoms with Crippen molar-refractivity contribution >= 4 is 28.8 Å². The lowest BCUT2D eigenvalue weighted by Gasteiger charge is -2.43. The largest absolute Gasteiger partial charge is 0.350 e. The molecule has 1 aliphatic heterocycles. The Morgan fingerprint density at radius 1 is 1.03 bits per heavy atom. The van der Waals surface area contributed by atoms with Crippen LogP contribution in [0.25, 0.3) is 10.6 Å². The smallest absolute Gasteiger partial charge is 0.277 e. The molecule has 6 nitrogen and oxygen atoms in total. The summed E-state index contributed by atoms with van der Waals surface area (Å²) in [5, 5.41) is 9.77. The number of carbonyl (C=O) groups excluding carboxylic acids is 2. The average Bonchev–Trinajstić information content (AvgIpc) is 3.48. The van der Waals surface area contributed by atoms with Crippen LogP contribution in [0, 0.1) is 20.8 Å². The molecular formula is C28H28N4O2S. The van der Waals surface area contributed by atoms with Crippen molar-refractivity contribution in [3.05, 3.63) is 94.0 Å². The molecule has 2 aromatic carbocycles. The first-order chi connectivity index (χ1) is 16.7. The zero-order valence-corrected chi connectivity index (χ0v) is 21.1. The van der Waals surface area contributed by atoms with Gasteiger partial charge >= 0.3 is 0 Å². The number of benzene rings is 2. The summed E-state index contributed by atoms with van der Waals surface area (Å²) in [7, 11) is 0. The minimum absolute atomic E-state index is 0.218. The van der Waals surface area contributed by atoms with Gasteiger partial charge in [0.05, 0.1) is 11.4 Å². The molecule has 4 aromatic rings. The Morgan fingerprint density at radius 2 is 1.74 bits per heavy atom. The van der Waals surface area contributed by atoms with E-state index in [9.17, 15) is 9.59 Å². The van der Waals surface area contributed by atoms with Gasteiger partial charge in [-0.15, -0.1) is 11.3 Å². The molecular weight excluding hydrogens is 456 g/mol. The number of thiophene rings is 1. The van der Waals surface area contributed by atoms with E-state index in [1.54, 1.807) is 20.9 Å². The quantitative estimate of drug-likeness (QED) is 0.420. The highest BCUT2D eigenvalue weighted by Crippen LogP contribution is 2.35. The van der Waals surface area contributed by atoms with Crippen molar-refractivity contribution in [2.45, 2.75) is 46.3 Å². The highest BCUT2D eigenvalue weighted by atomic mass is 32.1. The summed E-state index contributed by atoms with van der Waals surface area (Å²) in [6.07, 6.45) is 0. The predicted octanol–water partition coefficient (Wildman–Crippen LogP) is 5.27. The van der Waals surface area contributed by atoms with Crippen LogP contribution in [0.1, 0.15) is 39.7 Å². The normalized spacial score (nSPS) is 17.4. The maximum absolute atomic E-state index is 13.9. The first kappa shape index (κ1) is 23.1. The lowest BCUT2D eigenvalue weighted by Crippen LogP contribution is -2.64. The molecule has 35 heavy (non-hydrogen) atoms. The standard InChI is InChI=1S/C28H28N4O2S/c1-18-7-9-21(10-8-18)16-29-27(34)28(4)17-31-24(15-23(30-31)25-6-5-11-35-25)26(33)32(28)22-13-19(2)12-20(3)14-22/h5-15H,16-17H2,1-4H3,(H,29,34)/t28-/m1/s1. The van der Waals surface area contributed by atoms with Crippen molar-refractivity contribution in [2.75, 3.05) is 4.90 Å². The van der Waals surface area contributed by atoms with E-state index in [-0.39, 0.29) is 18.4 Å². The van der Waals surface area contributed by atoms with Gasteiger partial charge in [-0.3, -0.25) is 19.2 Å². The molecule has 1 N–H and O–H groups in total. The first-order valence-corrected chi connectivity index (χ1v) is 12.5. The number of amides is 2. The van der Waals surface area contributed by atoms with E-state index in [2.05, 4.69) is 11.4 Å². The molecule has 0 aliphatic carbocycles. The number of fused-ring (bicyclic) bond motifs is 1.